The standard InChI is InChI=1S/C17H19N5OS/c1-3-11-6-5-7-12(4-2)14(11)22-13(23)8-24-17-15-16(19-9-18-15)20-10-21-17/h5-7,9-10H,3-4,8H2,1-2H3,(H,22,23)(H,18,19,20,21). The minimum Gasteiger partial charge on any atom is -0.341 e. The summed E-state index contributed by atoms with van der Waals surface area (Å²) in [5, 5.41) is 3.79. The van der Waals surface area contributed by atoms with Crippen molar-refractivity contribution in [2.75, 3.05) is 11.1 Å². The van der Waals surface area contributed by atoms with Gasteiger partial charge < -0.3 is 10.3 Å². The van der Waals surface area contributed by atoms with Crippen LogP contribution in [0.3, 0.4) is 0 Å². The van der Waals surface area contributed by atoms with Gasteiger partial charge in [-0.25, -0.2) is 15.0 Å². The maximum absolute atomic E-state index is 12.4. The van der Waals surface area contributed by atoms with Crippen LogP contribution in [0.1, 0.15) is 25.0 Å². The van der Waals surface area contributed by atoms with E-state index in [-0.39, 0.29) is 11.7 Å². The van der Waals surface area contributed by atoms with Crippen LogP contribution in [0.25, 0.3) is 11.2 Å². The molecule has 0 saturated carbocycles. The number of imidazole rings is 1. The topological polar surface area (TPSA) is 83.6 Å². The Bertz CT molecular complexity index is 839. The second kappa shape index (κ2) is 7.44. The predicted octanol–water partition coefficient (Wildman–Crippen LogP) is 3.21. The van der Waals surface area contributed by atoms with Gasteiger partial charge in [0.1, 0.15) is 16.9 Å². The number of anilines is 1. The van der Waals surface area contributed by atoms with Crippen molar-refractivity contribution in [3.8, 4) is 0 Å². The average molecular weight is 341 g/mol. The first-order valence-electron chi connectivity index (χ1n) is 7.90. The molecule has 6 nitrogen and oxygen atoms in total. The van der Waals surface area contributed by atoms with Crippen LogP contribution in [-0.2, 0) is 17.6 Å². The molecule has 0 bridgehead atoms. The number of carbonyl (C=O) groups is 1. The van der Waals surface area contributed by atoms with E-state index in [0.717, 1.165) is 40.2 Å². The number of aromatic nitrogens is 4. The molecule has 1 aromatic carbocycles. The van der Waals surface area contributed by atoms with Gasteiger partial charge in [-0.2, -0.15) is 0 Å². The molecular weight excluding hydrogens is 322 g/mol. The van der Waals surface area contributed by atoms with E-state index in [1.165, 1.54) is 18.1 Å². The zero-order chi connectivity index (χ0) is 16.9. The van der Waals surface area contributed by atoms with Crippen molar-refractivity contribution in [2.45, 2.75) is 31.7 Å². The Morgan fingerprint density at radius 1 is 1.17 bits per heavy atom. The Morgan fingerprint density at radius 2 is 1.92 bits per heavy atom. The molecular formula is C17H19N5OS. The molecule has 0 radical (unpaired) electrons. The van der Waals surface area contributed by atoms with E-state index in [1.807, 2.05) is 6.07 Å². The quantitative estimate of drug-likeness (QED) is 0.531. The number of aromatic amines is 1. The van der Waals surface area contributed by atoms with Gasteiger partial charge in [-0.3, -0.25) is 4.79 Å². The van der Waals surface area contributed by atoms with E-state index in [4.69, 9.17) is 0 Å². The summed E-state index contributed by atoms with van der Waals surface area (Å²) in [6.45, 7) is 4.18. The number of thioether (sulfide) groups is 1. The van der Waals surface area contributed by atoms with E-state index < -0.39 is 0 Å². The van der Waals surface area contributed by atoms with Crippen LogP contribution in [0.15, 0.2) is 35.9 Å². The molecule has 0 saturated heterocycles. The van der Waals surface area contributed by atoms with E-state index >= 15 is 0 Å². The van der Waals surface area contributed by atoms with Gasteiger partial charge in [0.15, 0.2) is 5.65 Å². The Labute approximate surface area is 144 Å². The molecule has 0 unspecified atom stereocenters. The van der Waals surface area contributed by atoms with Crippen LogP contribution in [0, 0.1) is 0 Å². The molecule has 2 heterocycles. The summed E-state index contributed by atoms with van der Waals surface area (Å²) in [6.07, 6.45) is 4.81. The molecule has 0 atom stereocenters. The minimum atomic E-state index is -0.0399. The van der Waals surface area contributed by atoms with Crippen molar-refractivity contribution in [1.29, 1.82) is 0 Å². The molecule has 3 aromatic rings. The highest BCUT2D eigenvalue weighted by atomic mass is 32.2. The van der Waals surface area contributed by atoms with Crippen LogP contribution in [0.2, 0.25) is 0 Å². The second-order valence-corrected chi connectivity index (χ2v) is 6.24. The number of amides is 1. The molecule has 124 valence electrons. The maximum Gasteiger partial charge on any atom is 0.234 e. The Balaban J connectivity index is 1.72. The highest BCUT2D eigenvalue weighted by Crippen LogP contribution is 2.25. The van der Waals surface area contributed by atoms with Gasteiger partial charge in [-0.1, -0.05) is 43.8 Å². The molecule has 2 N–H and O–H groups in total. The highest BCUT2D eigenvalue weighted by Gasteiger charge is 2.12. The molecule has 0 spiro atoms. The van der Waals surface area contributed by atoms with Crippen molar-refractivity contribution in [3.63, 3.8) is 0 Å². The van der Waals surface area contributed by atoms with Gasteiger partial charge in [0.05, 0.1) is 12.1 Å². The summed E-state index contributed by atoms with van der Waals surface area (Å²) < 4.78 is 0. The van der Waals surface area contributed by atoms with Crippen LogP contribution >= 0.6 is 11.8 Å². The molecule has 0 fully saturated rings. The smallest absolute Gasteiger partial charge is 0.234 e. The monoisotopic (exact) mass is 341 g/mol. The van der Waals surface area contributed by atoms with Crippen molar-refractivity contribution in [3.05, 3.63) is 42.0 Å². The SMILES string of the molecule is CCc1cccc(CC)c1NC(=O)CSc1ncnc2nc[nH]c12. The number of fused-ring (bicyclic) bond motifs is 1. The van der Waals surface area contributed by atoms with Crippen molar-refractivity contribution in [2.24, 2.45) is 0 Å². The lowest BCUT2D eigenvalue weighted by molar-refractivity contribution is -0.113. The Morgan fingerprint density at radius 3 is 2.62 bits per heavy atom. The van der Waals surface area contributed by atoms with E-state index in [9.17, 15) is 4.79 Å². The third kappa shape index (κ3) is 3.41. The largest absolute Gasteiger partial charge is 0.341 e. The van der Waals surface area contributed by atoms with Gasteiger partial charge in [0.25, 0.3) is 0 Å². The molecule has 0 aliphatic carbocycles. The molecule has 24 heavy (non-hydrogen) atoms. The zero-order valence-corrected chi connectivity index (χ0v) is 14.5. The number of nitrogens with zero attached hydrogens (tertiary/aromatic N) is 3. The van der Waals surface area contributed by atoms with Gasteiger partial charge in [0.2, 0.25) is 5.91 Å². The van der Waals surface area contributed by atoms with Crippen molar-refractivity contribution in [1.82, 2.24) is 19.9 Å². The Kier molecular flexibility index (Phi) is 5.10. The van der Waals surface area contributed by atoms with Crippen LogP contribution in [0.5, 0.6) is 0 Å². The number of carbonyl (C=O) groups excluding carboxylic acids is 1. The summed E-state index contributed by atoms with van der Waals surface area (Å²) in [7, 11) is 0. The van der Waals surface area contributed by atoms with E-state index in [0.29, 0.717) is 5.65 Å². The number of rotatable bonds is 6. The fraction of sp³-hybridized carbons (Fsp3) is 0.294. The lowest BCUT2D eigenvalue weighted by atomic mass is 10.0. The van der Waals surface area contributed by atoms with Gasteiger partial charge >= 0.3 is 0 Å². The van der Waals surface area contributed by atoms with Crippen LogP contribution in [-0.4, -0.2) is 31.6 Å². The number of benzene rings is 1. The second-order valence-electron chi connectivity index (χ2n) is 5.28. The van der Waals surface area contributed by atoms with E-state index in [2.05, 4.69) is 51.2 Å². The summed E-state index contributed by atoms with van der Waals surface area (Å²) in [5.74, 6) is 0.244. The number of hydrogen-bond acceptors (Lipinski definition) is 5. The number of hydrogen-bond donors (Lipinski definition) is 2. The predicted molar refractivity (Wildman–Crippen MR) is 96.2 cm³/mol. The Hall–Kier alpha value is -2.41. The lowest BCUT2D eigenvalue weighted by Gasteiger charge is -2.14. The van der Waals surface area contributed by atoms with Crippen molar-refractivity contribution < 1.29 is 4.79 Å². The first kappa shape index (κ1) is 16.4. The highest BCUT2D eigenvalue weighted by molar-refractivity contribution is 8.00. The number of para-hydroxylation sites is 1. The zero-order valence-electron chi connectivity index (χ0n) is 13.7. The van der Waals surface area contributed by atoms with Gasteiger partial charge in [-0.05, 0) is 24.0 Å². The first-order valence-corrected chi connectivity index (χ1v) is 8.89. The summed E-state index contributed by atoms with van der Waals surface area (Å²) >= 11 is 1.37. The normalized spacial score (nSPS) is 10.9. The molecule has 7 heteroatoms. The average Bonchev–Trinajstić information content (AvgIpc) is 3.09. The summed E-state index contributed by atoms with van der Waals surface area (Å²) in [4.78, 5) is 27.8. The fourth-order valence-corrected chi connectivity index (χ4v) is 3.32. The molecule has 0 aliphatic rings. The summed E-state index contributed by atoms with van der Waals surface area (Å²) in [5.41, 5.74) is 4.63. The van der Waals surface area contributed by atoms with Crippen molar-refractivity contribution >= 4 is 34.5 Å². The van der Waals surface area contributed by atoms with E-state index in [1.54, 1.807) is 6.33 Å². The third-order valence-corrected chi connectivity index (χ3v) is 4.78. The van der Waals surface area contributed by atoms with Crippen LogP contribution < -0.4 is 5.32 Å². The molecule has 1 amide bonds. The van der Waals surface area contributed by atoms with Gasteiger partial charge in [0, 0.05) is 5.69 Å². The van der Waals surface area contributed by atoms with Gasteiger partial charge in [-0.15, -0.1) is 0 Å². The molecule has 3 rings (SSSR count). The molecule has 0 aliphatic heterocycles. The van der Waals surface area contributed by atoms with Crippen LogP contribution in [0.4, 0.5) is 5.69 Å². The molecule has 2 aromatic heterocycles. The minimum absolute atomic E-state index is 0.0399. The summed E-state index contributed by atoms with van der Waals surface area (Å²) in [6, 6.07) is 6.15. The number of aryl methyl sites for hydroxylation is 2. The first-order chi connectivity index (χ1) is 11.7. The third-order valence-electron chi connectivity index (χ3n) is 3.79. The number of H-pyrrole nitrogens is 1. The maximum atomic E-state index is 12.4. The fourth-order valence-electron chi connectivity index (χ4n) is 2.56. The lowest BCUT2D eigenvalue weighted by Crippen LogP contribution is -2.16. The number of nitrogens with one attached hydrogen (secondary N) is 2.